The second-order valence-corrected chi connectivity index (χ2v) is 4.73. The molecule has 0 saturated heterocycles. The van der Waals surface area contributed by atoms with E-state index in [0.29, 0.717) is 6.04 Å². The second kappa shape index (κ2) is 5.24. The molecule has 0 fully saturated rings. The van der Waals surface area contributed by atoms with Gasteiger partial charge in [-0.3, -0.25) is 0 Å². The smallest absolute Gasteiger partial charge is 0.137 e. The third-order valence-electron chi connectivity index (χ3n) is 3.44. The lowest BCUT2D eigenvalue weighted by molar-refractivity contribution is 0.576. The third-order valence-corrected chi connectivity index (χ3v) is 3.44. The minimum atomic E-state index is 0.336. The van der Waals surface area contributed by atoms with E-state index in [1.807, 2.05) is 24.5 Å². The molecule has 3 nitrogen and oxygen atoms in total. The van der Waals surface area contributed by atoms with Crippen LogP contribution >= 0.6 is 0 Å². The summed E-state index contributed by atoms with van der Waals surface area (Å²) in [7, 11) is 0. The van der Waals surface area contributed by atoms with Crippen molar-refractivity contribution in [3.8, 4) is 0 Å². The van der Waals surface area contributed by atoms with Crippen LogP contribution in [0.4, 0.5) is 0 Å². The van der Waals surface area contributed by atoms with Gasteiger partial charge in [0.2, 0.25) is 0 Å². The Kier molecular flexibility index (Phi) is 3.29. The van der Waals surface area contributed by atoms with Crippen LogP contribution in [-0.4, -0.2) is 9.97 Å². The van der Waals surface area contributed by atoms with E-state index in [1.165, 1.54) is 16.5 Å². The zero-order chi connectivity index (χ0) is 13.1. The molecule has 0 bridgehead atoms. The molecule has 1 atom stereocenters. The molecule has 0 aliphatic carbocycles. The van der Waals surface area contributed by atoms with Crippen molar-refractivity contribution in [1.29, 1.82) is 0 Å². The Hall–Kier alpha value is -2.13. The number of nitrogens with one attached hydrogen (secondary N) is 2. The molecule has 1 aromatic carbocycles. The van der Waals surface area contributed by atoms with E-state index >= 15 is 0 Å². The molecule has 0 amide bonds. The fourth-order valence-electron chi connectivity index (χ4n) is 2.28. The third kappa shape index (κ3) is 2.51. The van der Waals surface area contributed by atoms with E-state index in [1.54, 1.807) is 0 Å². The SMILES string of the molecule is C[C@@H](NCc1c[nH]c2ncccc12)c1ccccc1. The summed E-state index contributed by atoms with van der Waals surface area (Å²) in [6.07, 6.45) is 3.84. The first-order chi connectivity index (χ1) is 9.34. The van der Waals surface area contributed by atoms with Crippen molar-refractivity contribution in [3.63, 3.8) is 0 Å². The average molecular weight is 251 g/mol. The molecule has 2 heterocycles. The van der Waals surface area contributed by atoms with Crippen LogP contribution in [0, 0.1) is 0 Å². The largest absolute Gasteiger partial charge is 0.346 e. The molecule has 96 valence electrons. The van der Waals surface area contributed by atoms with Crippen LogP contribution < -0.4 is 5.32 Å². The molecule has 0 aliphatic rings. The van der Waals surface area contributed by atoms with Gasteiger partial charge in [0.15, 0.2) is 0 Å². The Morgan fingerprint density at radius 1 is 1.16 bits per heavy atom. The van der Waals surface area contributed by atoms with Crippen LogP contribution in [-0.2, 0) is 6.54 Å². The van der Waals surface area contributed by atoms with Crippen LogP contribution in [0.15, 0.2) is 54.9 Å². The normalized spacial score (nSPS) is 12.7. The highest BCUT2D eigenvalue weighted by molar-refractivity contribution is 5.79. The molecule has 3 aromatic rings. The molecular formula is C16H17N3. The van der Waals surface area contributed by atoms with Crippen LogP contribution in [0.3, 0.4) is 0 Å². The van der Waals surface area contributed by atoms with Gasteiger partial charge in [-0.15, -0.1) is 0 Å². The summed E-state index contributed by atoms with van der Waals surface area (Å²) in [5.74, 6) is 0. The van der Waals surface area contributed by atoms with Crippen LogP contribution in [0.2, 0.25) is 0 Å². The fourth-order valence-corrected chi connectivity index (χ4v) is 2.28. The predicted molar refractivity (Wildman–Crippen MR) is 77.8 cm³/mol. The van der Waals surface area contributed by atoms with E-state index in [2.05, 4.69) is 52.5 Å². The summed E-state index contributed by atoms with van der Waals surface area (Å²) in [4.78, 5) is 7.50. The average Bonchev–Trinajstić information content (AvgIpc) is 2.89. The lowest BCUT2D eigenvalue weighted by Crippen LogP contribution is -2.17. The summed E-state index contributed by atoms with van der Waals surface area (Å²) >= 11 is 0. The molecule has 2 aromatic heterocycles. The maximum absolute atomic E-state index is 4.30. The Balaban J connectivity index is 1.73. The Morgan fingerprint density at radius 2 is 2.00 bits per heavy atom. The highest BCUT2D eigenvalue weighted by Crippen LogP contribution is 2.17. The van der Waals surface area contributed by atoms with Gasteiger partial charge >= 0.3 is 0 Å². The van der Waals surface area contributed by atoms with Crippen molar-refractivity contribution in [2.45, 2.75) is 19.5 Å². The molecule has 2 N–H and O–H groups in total. The highest BCUT2D eigenvalue weighted by atomic mass is 14.9. The first kappa shape index (κ1) is 11.9. The Morgan fingerprint density at radius 3 is 2.84 bits per heavy atom. The quantitative estimate of drug-likeness (QED) is 0.746. The molecule has 0 saturated carbocycles. The van der Waals surface area contributed by atoms with Crippen molar-refractivity contribution in [2.75, 3.05) is 0 Å². The van der Waals surface area contributed by atoms with Crippen molar-refractivity contribution in [3.05, 3.63) is 66.0 Å². The van der Waals surface area contributed by atoms with E-state index in [-0.39, 0.29) is 0 Å². The zero-order valence-corrected chi connectivity index (χ0v) is 10.9. The summed E-state index contributed by atoms with van der Waals surface area (Å²) in [5, 5.41) is 4.74. The van der Waals surface area contributed by atoms with Gasteiger partial charge in [-0.2, -0.15) is 0 Å². The molecule has 0 aliphatic heterocycles. The van der Waals surface area contributed by atoms with Gasteiger partial charge < -0.3 is 10.3 Å². The predicted octanol–water partition coefficient (Wildman–Crippen LogP) is 3.41. The lowest BCUT2D eigenvalue weighted by atomic mass is 10.1. The van der Waals surface area contributed by atoms with Crippen molar-refractivity contribution < 1.29 is 0 Å². The number of aromatic nitrogens is 2. The Labute approximate surface area is 112 Å². The van der Waals surface area contributed by atoms with Gasteiger partial charge in [-0.05, 0) is 30.2 Å². The summed E-state index contributed by atoms with van der Waals surface area (Å²) in [6, 6.07) is 14.9. The maximum Gasteiger partial charge on any atom is 0.137 e. The first-order valence-electron chi connectivity index (χ1n) is 6.54. The summed E-state index contributed by atoms with van der Waals surface area (Å²) in [6.45, 7) is 3.02. The van der Waals surface area contributed by atoms with Gasteiger partial charge in [0.25, 0.3) is 0 Å². The standard InChI is InChI=1S/C16H17N3/c1-12(13-6-3-2-4-7-13)18-10-14-11-19-16-15(14)8-5-9-17-16/h2-9,11-12,18H,10H2,1H3,(H,17,19)/t12-/m1/s1. The highest BCUT2D eigenvalue weighted by Gasteiger charge is 2.07. The zero-order valence-electron chi connectivity index (χ0n) is 10.9. The van der Waals surface area contributed by atoms with Crippen LogP contribution in [0.25, 0.3) is 11.0 Å². The molecule has 0 radical (unpaired) electrons. The molecule has 3 rings (SSSR count). The monoisotopic (exact) mass is 251 g/mol. The van der Waals surface area contributed by atoms with Gasteiger partial charge in [0.1, 0.15) is 5.65 Å². The van der Waals surface area contributed by atoms with Gasteiger partial charge in [-0.25, -0.2) is 4.98 Å². The Bertz CT molecular complexity index is 658. The number of fused-ring (bicyclic) bond motifs is 1. The van der Waals surface area contributed by atoms with Crippen molar-refractivity contribution in [2.24, 2.45) is 0 Å². The number of nitrogens with zero attached hydrogens (tertiary/aromatic N) is 1. The van der Waals surface area contributed by atoms with E-state index in [9.17, 15) is 0 Å². The maximum atomic E-state index is 4.30. The molecular weight excluding hydrogens is 234 g/mol. The van der Waals surface area contributed by atoms with Crippen LogP contribution in [0.1, 0.15) is 24.1 Å². The number of aromatic amines is 1. The lowest BCUT2D eigenvalue weighted by Gasteiger charge is -2.13. The van der Waals surface area contributed by atoms with Crippen molar-refractivity contribution in [1.82, 2.24) is 15.3 Å². The summed E-state index contributed by atoms with van der Waals surface area (Å²) < 4.78 is 0. The van der Waals surface area contributed by atoms with E-state index < -0.39 is 0 Å². The number of H-pyrrole nitrogens is 1. The first-order valence-corrected chi connectivity index (χ1v) is 6.54. The molecule has 0 unspecified atom stereocenters. The molecule has 3 heteroatoms. The molecule has 19 heavy (non-hydrogen) atoms. The van der Waals surface area contributed by atoms with Gasteiger partial charge in [0.05, 0.1) is 0 Å². The van der Waals surface area contributed by atoms with Gasteiger partial charge in [0, 0.05) is 30.4 Å². The van der Waals surface area contributed by atoms with Crippen molar-refractivity contribution >= 4 is 11.0 Å². The van der Waals surface area contributed by atoms with E-state index in [0.717, 1.165) is 12.2 Å². The van der Waals surface area contributed by atoms with Crippen LogP contribution in [0.5, 0.6) is 0 Å². The van der Waals surface area contributed by atoms with E-state index in [4.69, 9.17) is 0 Å². The topological polar surface area (TPSA) is 40.7 Å². The number of pyridine rings is 1. The molecule has 0 spiro atoms. The summed E-state index contributed by atoms with van der Waals surface area (Å²) in [5.41, 5.74) is 3.51. The second-order valence-electron chi connectivity index (χ2n) is 4.73. The minimum absolute atomic E-state index is 0.336. The van der Waals surface area contributed by atoms with Gasteiger partial charge in [-0.1, -0.05) is 30.3 Å². The number of hydrogen-bond acceptors (Lipinski definition) is 2. The number of hydrogen-bond donors (Lipinski definition) is 2. The number of rotatable bonds is 4. The fraction of sp³-hybridized carbons (Fsp3) is 0.188. The minimum Gasteiger partial charge on any atom is -0.346 e. The number of benzene rings is 1.